The zero-order valence-electron chi connectivity index (χ0n) is 16.8. The molecule has 0 spiro atoms. The molecule has 29 heavy (non-hydrogen) atoms. The lowest BCUT2D eigenvalue weighted by Gasteiger charge is -2.13. The molecule has 0 heterocycles. The summed E-state index contributed by atoms with van der Waals surface area (Å²) in [6, 6.07) is 0. The Bertz CT molecular complexity index is 465. The Labute approximate surface area is 174 Å². The molecular formula is C19H40N2O8. The van der Waals surface area contributed by atoms with E-state index in [-0.39, 0.29) is 63.5 Å². The summed E-state index contributed by atoms with van der Waals surface area (Å²) in [6.45, 7) is 7.40. The number of carbonyl (C=O) groups is 2. The molecule has 0 aromatic rings. The number of esters is 1. The summed E-state index contributed by atoms with van der Waals surface area (Å²) in [5.41, 5.74) is 0. The van der Waals surface area contributed by atoms with Crippen molar-refractivity contribution >= 4 is 11.9 Å². The van der Waals surface area contributed by atoms with Gasteiger partial charge in [-0.2, -0.15) is 0 Å². The first-order chi connectivity index (χ1) is 12.4. The number of hydrogen-bond acceptors (Lipinski definition) is 7. The van der Waals surface area contributed by atoms with E-state index in [0.29, 0.717) is 24.7 Å². The number of methoxy groups -OCH3 is 1. The quantitative estimate of drug-likeness (QED) is 0.279. The van der Waals surface area contributed by atoms with E-state index in [1.165, 1.54) is 7.11 Å². The van der Waals surface area contributed by atoms with E-state index < -0.39 is 10.9 Å². The highest BCUT2D eigenvalue weighted by Crippen LogP contribution is 2.16. The molecule has 0 saturated carbocycles. The molecule has 0 aromatic carbocycles. The van der Waals surface area contributed by atoms with Crippen molar-refractivity contribution in [3.63, 3.8) is 0 Å². The van der Waals surface area contributed by atoms with E-state index in [9.17, 15) is 29.8 Å². The molecule has 0 saturated heterocycles. The summed E-state index contributed by atoms with van der Waals surface area (Å²) in [4.78, 5) is 41.0. The van der Waals surface area contributed by atoms with Gasteiger partial charge in [-0.3, -0.25) is 29.8 Å². The molecule has 0 fully saturated rings. The van der Waals surface area contributed by atoms with Gasteiger partial charge in [0.05, 0.1) is 20.0 Å². The van der Waals surface area contributed by atoms with Crippen molar-refractivity contribution in [1.29, 1.82) is 0 Å². The largest absolute Gasteiger partial charge is 0.481 e. The molecule has 0 rings (SSSR count). The second-order valence-corrected chi connectivity index (χ2v) is 7.40. The van der Waals surface area contributed by atoms with Crippen LogP contribution < -0.4 is 0 Å². The van der Waals surface area contributed by atoms with E-state index in [4.69, 9.17) is 5.11 Å². The third-order valence-corrected chi connectivity index (χ3v) is 3.57. The van der Waals surface area contributed by atoms with Crippen molar-refractivity contribution in [3.05, 3.63) is 20.2 Å². The third-order valence-electron chi connectivity index (χ3n) is 3.57. The number of nitro groups is 2. The summed E-state index contributed by atoms with van der Waals surface area (Å²) >= 11 is 0. The maximum Gasteiger partial charge on any atom is 0.306 e. The second-order valence-electron chi connectivity index (χ2n) is 7.40. The normalized spacial score (nSPS) is 11.8. The lowest BCUT2D eigenvalue weighted by molar-refractivity contribution is -0.488. The van der Waals surface area contributed by atoms with Crippen LogP contribution in [0.25, 0.3) is 0 Å². The number of rotatable bonds is 12. The standard InChI is InChI=1S/C9H17NO4.C8H15NO4.2CH4/c1-7(2)4-8(6-10(12)13)5-9(11)14-3;1-6(2)3-7(4-8(10)11)5-9(12)13;;/h7-8H,4-6H2,1-3H3;6-7H,3-5H2,1-2H3,(H,10,11);2*1H4/t8-;7-;;/m00../s1. The van der Waals surface area contributed by atoms with E-state index in [1.807, 2.05) is 27.7 Å². The summed E-state index contributed by atoms with van der Waals surface area (Å²) in [5.74, 6) is -1.25. The van der Waals surface area contributed by atoms with Crippen LogP contribution in [0.5, 0.6) is 0 Å². The highest BCUT2D eigenvalue weighted by Gasteiger charge is 2.21. The first-order valence-electron chi connectivity index (χ1n) is 8.89. The second kappa shape index (κ2) is 19.1. The van der Waals surface area contributed by atoms with Crippen LogP contribution in [-0.4, -0.2) is 47.1 Å². The minimum atomic E-state index is -0.965. The van der Waals surface area contributed by atoms with Crippen molar-refractivity contribution in [2.45, 2.75) is 68.2 Å². The van der Waals surface area contributed by atoms with Gasteiger partial charge in [-0.1, -0.05) is 42.5 Å². The summed E-state index contributed by atoms with van der Waals surface area (Å²) in [6.07, 6.45) is 1.29. The van der Waals surface area contributed by atoms with Gasteiger partial charge >= 0.3 is 11.9 Å². The molecule has 2 atom stereocenters. The Morgan fingerprint density at radius 1 is 0.862 bits per heavy atom. The Morgan fingerprint density at radius 2 is 1.21 bits per heavy atom. The molecule has 0 bridgehead atoms. The molecule has 0 unspecified atom stereocenters. The van der Waals surface area contributed by atoms with Gasteiger partial charge in [-0.05, 0) is 24.7 Å². The molecule has 0 aliphatic rings. The molecule has 0 aliphatic heterocycles. The molecule has 0 aromatic heterocycles. The SMILES string of the molecule is C.C.CC(C)C[C@@H](CC(=O)O)C[N+](=O)[O-].COC(=O)C[C@H](CC(C)C)C[N+](=O)[O-]. The van der Waals surface area contributed by atoms with Crippen molar-refractivity contribution < 1.29 is 29.3 Å². The minimum absolute atomic E-state index is 0. The zero-order chi connectivity index (χ0) is 21.6. The van der Waals surface area contributed by atoms with Crippen LogP contribution in [0.3, 0.4) is 0 Å². The number of nitrogens with zero attached hydrogens (tertiary/aromatic N) is 2. The zero-order valence-corrected chi connectivity index (χ0v) is 16.8. The van der Waals surface area contributed by atoms with Crippen LogP contribution in [-0.2, 0) is 14.3 Å². The maximum absolute atomic E-state index is 10.9. The molecule has 10 heteroatoms. The molecule has 0 amide bonds. The molecule has 10 nitrogen and oxygen atoms in total. The predicted molar refractivity (Wildman–Crippen MR) is 112 cm³/mol. The molecule has 0 aliphatic carbocycles. The number of hydrogen-bond donors (Lipinski definition) is 1. The monoisotopic (exact) mass is 424 g/mol. The van der Waals surface area contributed by atoms with Crippen LogP contribution in [0.2, 0.25) is 0 Å². The average molecular weight is 425 g/mol. The number of carboxylic acid groups (broad SMARTS) is 1. The van der Waals surface area contributed by atoms with E-state index in [0.717, 1.165) is 0 Å². The van der Waals surface area contributed by atoms with Crippen LogP contribution in [0.4, 0.5) is 0 Å². The fourth-order valence-electron chi connectivity index (χ4n) is 2.77. The Morgan fingerprint density at radius 3 is 1.45 bits per heavy atom. The topological polar surface area (TPSA) is 150 Å². The fraction of sp³-hybridized carbons (Fsp3) is 0.895. The van der Waals surface area contributed by atoms with Crippen LogP contribution in [0, 0.1) is 43.9 Å². The molecular weight excluding hydrogens is 384 g/mol. The van der Waals surface area contributed by atoms with Gasteiger partial charge in [-0.15, -0.1) is 0 Å². The molecule has 1 N–H and O–H groups in total. The van der Waals surface area contributed by atoms with Crippen molar-refractivity contribution in [2.75, 3.05) is 20.2 Å². The molecule has 0 radical (unpaired) electrons. The third kappa shape index (κ3) is 25.7. The number of aliphatic carboxylic acids is 1. The first kappa shape index (κ1) is 34.3. The number of ether oxygens (including phenoxy) is 1. The predicted octanol–water partition coefficient (Wildman–Crippen LogP) is 4.16. The van der Waals surface area contributed by atoms with Crippen molar-refractivity contribution in [3.8, 4) is 0 Å². The summed E-state index contributed by atoms with van der Waals surface area (Å²) < 4.78 is 4.48. The smallest absolute Gasteiger partial charge is 0.306 e. The Balaban J connectivity index is -0.000000202. The minimum Gasteiger partial charge on any atom is -0.481 e. The van der Waals surface area contributed by atoms with Gasteiger partial charge in [0.15, 0.2) is 0 Å². The fourth-order valence-corrected chi connectivity index (χ4v) is 2.77. The van der Waals surface area contributed by atoms with Gasteiger partial charge in [-0.25, -0.2) is 0 Å². The van der Waals surface area contributed by atoms with Crippen molar-refractivity contribution in [1.82, 2.24) is 0 Å². The average Bonchev–Trinajstić information content (AvgIpc) is 2.43. The lowest BCUT2D eigenvalue weighted by Crippen LogP contribution is -2.20. The molecule has 174 valence electrons. The summed E-state index contributed by atoms with van der Waals surface area (Å²) in [7, 11) is 1.29. The van der Waals surface area contributed by atoms with Crippen molar-refractivity contribution in [2.24, 2.45) is 23.7 Å². The van der Waals surface area contributed by atoms with Crippen LogP contribution >= 0.6 is 0 Å². The van der Waals surface area contributed by atoms with Gasteiger partial charge in [0, 0.05) is 21.7 Å². The number of carboxylic acids is 1. The Hall–Kier alpha value is -2.26. The first-order valence-corrected chi connectivity index (χ1v) is 8.89. The van der Waals surface area contributed by atoms with E-state index in [1.54, 1.807) is 0 Å². The van der Waals surface area contributed by atoms with E-state index in [2.05, 4.69) is 4.74 Å². The van der Waals surface area contributed by atoms with Gasteiger partial charge in [0.25, 0.3) is 0 Å². The van der Waals surface area contributed by atoms with Gasteiger partial charge in [0.1, 0.15) is 0 Å². The van der Waals surface area contributed by atoms with Crippen LogP contribution in [0.1, 0.15) is 68.2 Å². The van der Waals surface area contributed by atoms with Crippen LogP contribution in [0.15, 0.2) is 0 Å². The van der Waals surface area contributed by atoms with Gasteiger partial charge < -0.3 is 9.84 Å². The lowest BCUT2D eigenvalue weighted by atomic mass is 9.94. The summed E-state index contributed by atoms with van der Waals surface area (Å²) in [5, 5.41) is 29.0. The maximum atomic E-state index is 10.9. The number of carbonyl (C=O) groups excluding carboxylic acids is 1. The highest BCUT2D eigenvalue weighted by atomic mass is 16.6. The van der Waals surface area contributed by atoms with E-state index >= 15 is 0 Å². The van der Waals surface area contributed by atoms with Gasteiger partial charge in [0.2, 0.25) is 13.1 Å². The Kier molecular flexibility index (Phi) is 22.5. The highest BCUT2D eigenvalue weighted by molar-refractivity contribution is 5.69.